The number of hydrogen-bond donors (Lipinski definition) is 0. The fourth-order valence-corrected chi connectivity index (χ4v) is 2.37. The van der Waals surface area contributed by atoms with Gasteiger partial charge in [-0.15, -0.1) is 0 Å². The van der Waals surface area contributed by atoms with Crippen LogP contribution in [0.15, 0.2) is 61.3 Å². The van der Waals surface area contributed by atoms with Crippen LogP contribution in [0.2, 0.25) is 0 Å². The topological polar surface area (TPSA) is 65.0 Å². The fraction of sp³-hybridized carbons (Fsp3) is 0.111. The molecule has 0 atom stereocenters. The van der Waals surface area contributed by atoms with E-state index in [0.717, 1.165) is 11.1 Å². The van der Waals surface area contributed by atoms with Crippen molar-refractivity contribution in [3.8, 4) is 22.4 Å². The van der Waals surface area contributed by atoms with Gasteiger partial charge in [-0.05, 0) is 31.2 Å². The zero-order valence-electron chi connectivity index (χ0n) is 12.6. The first-order valence-electron chi connectivity index (χ1n) is 7.28. The average molecular weight is 305 g/mol. The summed E-state index contributed by atoms with van der Waals surface area (Å²) >= 11 is 0. The molecule has 3 aromatic rings. The van der Waals surface area contributed by atoms with Crippen LogP contribution in [0.5, 0.6) is 0 Å². The third kappa shape index (κ3) is 3.08. The van der Waals surface area contributed by atoms with Crippen molar-refractivity contribution >= 4 is 5.97 Å². The van der Waals surface area contributed by atoms with E-state index < -0.39 is 0 Å². The Morgan fingerprint density at radius 2 is 1.70 bits per heavy atom. The van der Waals surface area contributed by atoms with Crippen molar-refractivity contribution in [1.82, 2.24) is 15.0 Å². The van der Waals surface area contributed by atoms with Crippen molar-refractivity contribution < 1.29 is 9.53 Å². The molecule has 0 spiro atoms. The Bertz CT molecular complexity index is 805. The first-order valence-corrected chi connectivity index (χ1v) is 7.28. The van der Waals surface area contributed by atoms with Gasteiger partial charge in [0.1, 0.15) is 0 Å². The standard InChI is InChI=1S/C18H15N3O2/c1-2-23-18(22)15-7-10-21-17(14-6-4-9-20-12-14)16(15)13-5-3-8-19-11-13/h3-12H,2H2,1H3. The summed E-state index contributed by atoms with van der Waals surface area (Å²) in [6, 6.07) is 9.13. The van der Waals surface area contributed by atoms with Gasteiger partial charge in [0.15, 0.2) is 0 Å². The molecule has 3 aromatic heterocycles. The smallest absolute Gasteiger partial charge is 0.338 e. The second kappa shape index (κ2) is 6.79. The van der Waals surface area contributed by atoms with Crippen molar-refractivity contribution in [2.75, 3.05) is 6.61 Å². The van der Waals surface area contributed by atoms with Crippen LogP contribution in [0, 0.1) is 0 Å². The zero-order valence-corrected chi connectivity index (χ0v) is 12.6. The van der Waals surface area contributed by atoms with Gasteiger partial charge in [0.25, 0.3) is 0 Å². The molecule has 0 saturated carbocycles. The monoisotopic (exact) mass is 305 g/mol. The number of nitrogens with zero attached hydrogens (tertiary/aromatic N) is 3. The Labute approximate surface area is 134 Å². The van der Waals surface area contributed by atoms with Crippen LogP contribution in [-0.2, 0) is 4.74 Å². The number of esters is 1. The second-order valence-corrected chi connectivity index (χ2v) is 4.79. The maximum Gasteiger partial charge on any atom is 0.338 e. The second-order valence-electron chi connectivity index (χ2n) is 4.79. The van der Waals surface area contributed by atoms with Crippen molar-refractivity contribution in [3.63, 3.8) is 0 Å². The van der Waals surface area contributed by atoms with Gasteiger partial charge in [0, 0.05) is 47.7 Å². The third-order valence-electron chi connectivity index (χ3n) is 3.33. The number of pyridine rings is 3. The van der Waals surface area contributed by atoms with E-state index in [1.165, 1.54) is 0 Å². The molecule has 0 aliphatic carbocycles. The van der Waals surface area contributed by atoms with Gasteiger partial charge >= 0.3 is 5.97 Å². The molecule has 0 aliphatic rings. The molecule has 23 heavy (non-hydrogen) atoms. The van der Waals surface area contributed by atoms with Crippen molar-refractivity contribution in [3.05, 3.63) is 66.9 Å². The molecule has 0 radical (unpaired) electrons. The molecule has 0 aliphatic heterocycles. The van der Waals surface area contributed by atoms with Gasteiger partial charge in [0.05, 0.1) is 17.9 Å². The highest BCUT2D eigenvalue weighted by molar-refractivity contribution is 6.01. The number of ether oxygens (including phenoxy) is 1. The van der Waals surface area contributed by atoms with E-state index in [2.05, 4.69) is 15.0 Å². The summed E-state index contributed by atoms with van der Waals surface area (Å²) in [5.74, 6) is -0.376. The summed E-state index contributed by atoms with van der Waals surface area (Å²) in [5.41, 5.74) is 3.48. The maximum atomic E-state index is 12.3. The molecule has 3 rings (SSSR count). The molecule has 0 N–H and O–H groups in total. The van der Waals surface area contributed by atoms with Gasteiger partial charge in [0.2, 0.25) is 0 Å². The number of rotatable bonds is 4. The minimum atomic E-state index is -0.376. The molecule has 3 heterocycles. The molecule has 5 heteroatoms. The molecule has 0 fully saturated rings. The summed E-state index contributed by atoms with van der Waals surface area (Å²) in [4.78, 5) is 25.1. The Balaban J connectivity index is 2.25. The normalized spacial score (nSPS) is 10.3. The predicted octanol–water partition coefficient (Wildman–Crippen LogP) is 3.38. The van der Waals surface area contributed by atoms with E-state index in [0.29, 0.717) is 23.4 Å². The highest BCUT2D eigenvalue weighted by atomic mass is 16.5. The van der Waals surface area contributed by atoms with Crippen LogP contribution in [0.4, 0.5) is 0 Å². The molecular formula is C18H15N3O2. The minimum absolute atomic E-state index is 0.315. The van der Waals surface area contributed by atoms with Crippen LogP contribution in [0.25, 0.3) is 22.4 Å². The molecule has 0 saturated heterocycles. The zero-order chi connectivity index (χ0) is 16.1. The SMILES string of the molecule is CCOC(=O)c1ccnc(-c2cccnc2)c1-c1cccnc1. The van der Waals surface area contributed by atoms with Gasteiger partial charge in [-0.3, -0.25) is 15.0 Å². The van der Waals surface area contributed by atoms with Crippen molar-refractivity contribution in [2.45, 2.75) is 6.92 Å². The lowest BCUT2D eigenvalue weighted by molar-refractivity contribution is 0.0527. The lowest BCUT2D eigenvalue weighted by Gasteiger charge is -2.13. The Morgan fingerprint density at radius 1 is 1.00 bits per heavy atom. The lowest BCUT2D eigenvalue weighted by Crippen LogP contribution is -2.08. The van der Waals surface area contributed by atoms with Gasteiger partial charge in [-0.25, -0.2) is 4.79 Å². The molecule has 114 valence electrons. The van der Waals surface area contributed by atoms with Crippen LogP contribution < -0.4 is 0 Å². The van der Waals surface area contributed by atoms with Gasteiger partial charge < -0.3 is 4.74 Å². The van der Waals surface area contributed by atoms with E-state index in [9.17, 15) is 4.79 Å². The van der Waals surface area contributed by atoms with E-state index in [-0.39, 0.29) is 5.97 Å². The quantitative estimate of drug-likeness (QED) is 0.691. The van der Waals surface area contributed by atoms with E-state index in [1.54, 1.807) is 44.0 Å². The molecule has 0 bridgehead atoms. The van der Waals surface area contributed by atoms with Gasteiger partial charge in [-0.2, -0.15) is 0 Å². The first kappa shape index (κ1) is 14.8. The molecule has 0 aromatic carbocycles. The summed E-state index contributed by atoms with van der Waals surface area (Å²) in [6.07, 6.45) is 8.42. The van der Waals surface area contributed by atoms with Crippen LogP contribution in [-0.4, -0.2) is 27.5 Å². The summed E-state index contributed by atoms with van der Waals surface area (Å²) in [7, 11) is 0. The van der Waals surface area contributed by atoms with E-state index in [1.807, 2.05) is 24.3 Å². The van der Waals surface area contributed by atoms with Gasteiger partial charge in [-0.1, -0.05) is 6.07 Å². The number of carbonyl (C=O) groups is 1. The molecule has 0 unspecified atom stereocenters. The Kier molecular flexibility index (Phi) is 4.38. The van der Waals surface area contributed by atoms with Crippen molar-refractivity contribution in [1.29, 1.82) is 0 Å². The Hall–Kier alpha value is -3.08. The Morgan fingerprint density at radius 3 is 2.30 bits per heavy atom. The first-order chi connectivity index (χ1) is 11.3. The largest absolute Gasteiger partial charge is 0.462 e. The summed E-state index contributed by atoms with van der Waals surface area (Å²) in [6.45, 7) is 2.10. The fourth-order valence-electron chi connectivity index (χ4n) is 2.37. The van der Waals surface area contributed by atoms with Crippen LogP contribution in [0.1, 0.15) is 17.3 Å². The highest BCUT2D eigenvalue weighted by Gasteiger charge is 2.19. The number of hydrogen-bond acceptors (Lipinski definition) is 5. The predicted molar refractivity (Wildman–Crippen MR) is 86.7 cm³/mol. The number of aromatic nitrogens is 3. The minimum Gasteiger partial charge on any atom is -0.462 e. The third-order valence-corrected chi connectivity index (χ3v) is 3.33. The van der Waals surface area contributed by atoms with E-state index in [4.69, 9.17) is 4.74 Å². The van der Waals surface area contributed by atoms with Crippen molar-refractivity contribution in [2.24, 2.45) is 0 Å². The molecule has 5 nitrogen and oxygen atoms in total. The lowest BCUT2D eigenvalue weighted by atomic mass is 9.96. The number of carbonyl (C=O) groups excluding carboxylic acids is 1. The van der Waals surface area contributed by atoms with Crippen LogP contribution in [0.3, 0.4) is 0 Å². The average Bonchev–Trinajstić information content (AvgIpc) is 2.63. The highest BCUT2D eigenvalue weighted by Crippen LogP contribution is 2.32. The summed E-state index contributed by atoms with van der Waals surface area (Å²) < 4.78 is 5.18. The van der Waals surface area contributed by atoms with Crippen LogP contribution >= 0.6 is 0 Å². The summed E-state index contributed by atoms with van der Waals surface area (Å²) in [5, 5.41) is 0. The van der Waals surface area contributed by atoms with E-state index >= 15 is 0 Å². The molecule has 0 amide bonds. The maximum absolute atomic E-state index is 12.3. The molecular weight excluding hydrogens is 290 g/mol.